The zero-order chi connectivity index (χ0) is 22.7. The maximum atomic E-state index is 12.5. The van der Waals surface area contributed by atoms with Gasteiger partial charge in [0.25, 0.3) is 0 Å². The van der Waals surface area contributed by atoms with Crippen molar-refractivity contribution in [3.8, 4) is 0 Å². The molecule has 29 heavy (non-hydrogen) atoms. The van der Waals surface area contributed by atoms with Crippen molar-refractivity contribution in [1.29, 1.82) is 0 Å². The maximum absolute atomic E-state index is 12.5. The third kappa shape index (κ3) is 15.7. The molecule has 2 amide bonds. The fraction of sp³-hybridized carbons (Fsp3) is 0.913. The van der Waals surface area contributed by atoms with Gasteiger partial charge in [0.2, 0.25) is 11.8 Å². The highest BCUT2D eigenvalue weighted by molar-refractivity contribution is 7.99. The minimum Gasteiger partial charge on any atom is -0.374 e. The van der Waals surface area contributed by atoms with Gasteiger partial charge in [0.05, 0.1) is 17.6 Å². The molecule has 0 atom stereocenters. The Kier molecular flexibility index (Phi) is 12.5. The molecule has 0 aromatic heterocycles. The zero-order valence-corrected chi connectivity index (χ0v) is 21.2. The van der Waals surface area contributed by atoms with Gasteiger partial charge in [0, 0.05) is 25.3 Å². The van der Waals surface area contributed by atoms with Crippen molar-refractivity contribution in [2.24, 2.45) is 16.7 Å². The number of hydrogen-bond donors (Lipinski definition) is 2. The maximum Gasteiger partial charge on any atom is 0.228 e. The van der Waals surface area contributed by atoms with E-state index in [1.54, 1.807) is 0 Å². The molecule has 5 nitrogen and oxygen atoms in total. The predicted molar refractivity (Wildman–Crippen MR) is 125 cm³/mol. The molecule has 0 fully saturated rings. The fourth-order valence-corrected chi connectivity index (χ4v) is 3.38. The highest BCUT2D eigenvalue weighted by atomic mass is 32.2. The van der Waals surface area contributed by atoms with Crippen LogP contribution in [0.2, 0.25) is 0 Å². The number of thioether (sulfide) groups is 1. The Labute approximate surface area is 183 Å². The molecule has 0 rings (SSSR count). The summed E-state index contributed by atoms with van der Waals surface area (Å²) in [6.07, 6.45) is 2.19. The van der Waals surface area contributed by atoms with Gasteiger partial charge in [-0.15, -0.1) is 0 Å². The van der Waals surface area contributed by atoms with Crippen molar-refractivity contribution < 1.29 is 14.3 Å². The minimum absolute atomic E-state index is 0.0200. The first kappa shape index (κ1) is 28.2. The summed E-state index contributed by atoms with van der Waals surface area (Å²) in [7, 11) is 0. The number of amides is 2. The van der Waals surface area contributed by atoms with Gasteiger partial charge < -0.3 is 15.4 Å². The molecule has 172 valence electrons. The average Bonchev–Trinajstić information content (AvgIpc) is 2.56. The van der Waals surface area contributed by atoms with Gasteiger partial charge in [-0.1, -0.05) is 34.6 Å². The summed E-state index contributed by atoms with van der Waals surface area (Å²) in [5.41, 5.74) is -0.681. The molecule has 0 aliphatic carbocycles. The molecular formula is C23H46N2O3S. The van der Waals surface area contributed by atoms with Gasteiger partial charge in [0.1, 0.15) is 0 Å². The van der Waals surface area contributed by atoms with Crippen molar-refractivity contribution in [2.45, 2.75) is 87.2 Å². The third-order valence-corrected chi connectivity index (χ3v) is 6.07. The Morgan fingerprint density at radius 3 is 2.14 bits per heavy atom. The van der Waals surface area contributed by atoms with E-state index in [-0.39, 0.29) is 11.8 Å². The van der Waals surface area contributed by atoms with Crippen LogP contribution < -0.4 is 10.6 Å². The summed E-state index contributed by atoms with van der Waals surface area (Å²) < 4.78 is 6.05. The van der Waals surface area contributed by atoms with Crippen LogP contribution in [0.3, 0.4) is 0 Å². The second-order valence-electron chi connectivity index (χ2n) is 10.8. The second-order valence-corrected chi connectivity index (χ2v) is 11.9. The van der Waals surface area contributed by atoms with E-state index in [0.717, 1.165) is 17.9 Å². The van der Waals surface area contributed by atoms with Gasteiger partial charge in [0.15, 0.2) is 0 Å². The van der Waals surface area contributed by atoms with E-state index in [2.05, 4.69) is 45.3 Å². The van der Waals surface area contributed by atoms with E-state index < -0.39 is 11.0 Å². The first-order valence-electron chi connectivity index (χ1n) is 10.9. The van der Waals surface area contributed by atoms with Crippen LogP contribution in [-0.4, -0.2) is 48.6 Å². The molecule has 6 heteroatoms. The van der Waals surface area contributed by atoms with Crippen molar-refractivity contribution in [2.75, 3.05) is 31.2 Å². The quantitative estimate of drug-likeness (QED) is 0.394. The molecule has 0 aliphatic rings. The molecule has 0 aromatic rings. The summed E-state index contributed by atoms with van der Waals surface area (Å²) in [6, 6.07) is 0. The molecular weight excluding hydrogens is 384 g/mol. The van der Waals surface area contributed by atoms with Crippen molar-refractivity contribution in [1.82, 2.24) is 10.6 Å². The number of nitrogens with one attached hydrogen (secondary N) is 2. The van der Waals surface area contributed by atoms with Crippen LogP contribution in [0, 0.1) is 16.7 Å². The van der Waals surface area contributed by atoms with Crippen LogP contribution in [0.5, 0.6) is 0 Å². The molecule has 0 aromatic carbocycles. The van der Waals surface area contributed by atoms with Crippen LogP contribution >= 0.6 is 11.8 Å². The van der Waals surface area contributed by atoms with Gasteiger partial charge in [-0.25, -0.2) is 0 Å². The SMILES string of the molecule is CC(C)CCC(=O)NCCC(C)(C)OCC(C)(C)C(=O)NCCSCC(C)(C)C. The predicted octanol–water partition coefficient (Wildman–Crippen LogP) is 4.65. The monoisotopic (exact) mass is 430 g/mol. The highest BCUT2D eigenvalue weighted by Gasteiger charge is 2.31. The van der Waals surface area contributed by atoms with Crippen molar-refractivity contribution in [3.63, 3.8) is 0 Å². The van der Waals surface area contributed by atoms with E-state index in [1.165, 1.54) is 0 Å². The van der Waals surface area contributed by atoms with Crippen molar-refractivity contribution >= 4 is 23.6 Å². The highest BCUT2D eigenvalue weighted by Crippen LogP contribution is 2.23. The lowest BCUT2D eigenvalue weighted by atomic mass is 9.93. The molecule has 0 radical (unpaired) electrons. The molecule has 0 bridgehead atoms. The Bertz CT molecular complexity index is 497. The molecule has 0 aliphatic heterocycles. The van der Waals surface area contributed by atoms with Crippen LogP contribution in [-0.2, 0) is 14.3 Å². The topological polar surface area (TPSA) is 67.4 Å². The van der Waals surface area contributed by atoms with E-state index in [1.807, 2.05) is 39.5 Å². The molecule has 0 heterocycles. The summed E-state index contributed by atoms with van der Waals surface area (Å²) in [5.74, 6) is 2.65. The molecule has 0 unspecified atom stereocenters. The van der Waals surface area contributed by atoms with Crippen LogP contribution in [0.1, 0.15) is 81.6 Å². The Morgan fingerprint density at radius 1 is 0.966 bits per heavy atom. The van der Waals surface area contributed by atoms with E-state index in [4.69, 9.17) is 4.74 Å². The Balaban J connectivity index is 4.16. The first-order valence-corrected chi connectivity index (χ1v) is 12.1. The Morgan fingerprint density at radius 2 is 1.59 bits per heavy atom. The number of ether oxygens (including phenoxy) is 1. The number of carbonyl (C=O) groups is 2. The van der Waals surface area contributed by atoms with Crippen LogP contribution in [0.25, 0.3) is 0 Å². The molecule has 2 N–H and O–H groups in total. The minimum atomic E-state index is -0.591. The summed E-state index contributed by atoms with van der Waals surface area (Å²) in [5, 5.41) is 5.99. The third-order valence-electron chi connectivity index (χ3n) is 4.50. The average molecular weight is 431 g/mol. The van der Waals surface area contributed by atoms with Crippen LogP contribution in [0.15, 0.2) is 0 Å². The Hall–Kier alpha value is -0.750. The zero-order valence-electron chi connectivity index (χ0n) is 20.4. The number of hydrogen-bond acceptors (Lipinski definition) is 4. The van der Waals surface area contributed by atoms with Crippen molar-refractivity contribution in [3.05, 3.63) is 0 Å². The van der Waals surface area contributed by atoms with E-state index >= 15 is 0 Å². The van der Waals surface area contributed by atoms with Gasteiger partial charge >= 0.3 is 0 Å². The number of carbonyl (C=O) groups excluding carboxylic acids is 2. The van der Waals surface area contributed by atoms with Gasteiger partial charge in [-0.2, -0.15) is 11.8 Å². The standard InChI is InChI=1S/C23H46N2O3S/c1-18(2)10-11-19(26)24-13-12-23(8,9)28-16-22(6,7)20(27)25-14-15-29-17-21(3,4)5/h18H,10-17H2,1-9H3,(H,24,26)(H,25,27). The van der Waals surface area contributed by atoms with Crippen LogP contribution in [0.4, 0.5) is 0 Å². The summed E-state index contributed by atoms with van der Waals surface area (Å²) in [6.45, 7) is 20.3. The summed E-state index contributed by atoms with van der Waals surface area (Å²) in [4.78, 5) is 24.3. The molecule has 0 saturated carbocycles. The van der Waals surface area contributed by atoms with E-state index in [0.29, 0.717) is 43.9 Å². The fourth-order valence-electron chi connectivity index (χ4n) is 2.38. The molecule has 0 spiro atoms. The second kappa shape index (κ2) is 12.8. The first-order chi connectivity index (χ1) is 13.1. The van der Waals surface area contributed by atoms with Gasteiger partial charge in [-0.05, 0) is 57.6 Å². The lowest BCUT2D eigenvalue weighted by Gasteiger charge is -2.31. The summed E-state index contributed by atoms with van der Waals surface area (Å²) >= 11 is 1.87. The van der Waals surface area contributed by atoms with Gasteiger partial charge in [-0.3, -0.25) is 9.59 Å². The molecule has 0 saturated heterocycles. The smallest absolute Gasteiger partial charge is 0.228 e. The lowest BCUT2D eigenvalue weighted by molar-refractivity contribution is -0.136. The number of rotatable bonds is 14. The lowest BCUT2D eigenvalue weighted by Crippen LogP contribution is -2.43. The largest absolute Gasteiger partial charge is 0.374 e. The van der Waals surface area contributed by atoms with E-state index in [9.17, 15) is 9.59 Å². The normalized spacial score (nSPS) is 12.9.